The van der Waals surface area contributed by atoms with Crippen molar-refractivity contribution in [1.82, 2.24) is 0 Å². The number of aliphatic imine (C=N–C) groups is 2. The summed E-state index contributed by atoms with van der Waals surface area (Å²) in [4.78, 5) is 8.77. The highest BCUT2D eigenvalue weighted by Gasteiger charge is 2.49. The highest BCUT2D eigenvalue weighted by atomic mass is 14.9. The second kappa shape index (κ2) is 3.89. The van der Waals surface area contributed by atoms with Crippen LogP contribution in [0.5, 0.6) is 0 Å². The molecule has 0 bridgehead atoms. The molecule has 0 radical (unpaired) electrons. The Balaban J connectivity index is 2.95. The van der Waals surface area contributed by atoms with Crippen LogP contribution in [0.25, 0.3) is 0 Å². The Morgan fingerprint density at radius 1 is 1.47 bits per heavy atom. The third-order valence-electron chi connectivity index (χ3n) is 3.63. The summed E-state index contributed by atoms with van der Waals surface area (Å²) in [7, 11) is 0. The molecule has 84 valence electrons. The molecule has 0 heterocycles. The molecule has 15 heavy (non-hydrogen) atoms. The number of hydrogen-bond donors (Lipinski definition) is 1. The maximum atomic E-state index is 5.56. The first kappa shape index (κ1) is 12.1. The van der Waals surface area contributed by atoms with Crippen LogP contribution in [0.15, 0.2) is 22.1 Å². The molecule has 1 aliphatic carbocycles. The van der Waals surface area contributed by atoms with Gasteiger partial charge in [-0.15, -0.1) is 0 Å². The standard InChI is InChI=1S/C12H21N3/c1-9(8-13)15-10(2)11(3)6-7-12(11,4)14-5/h6-7,9H,5,8,13H2,1-4H3/t9-,11?,12-/m0/s1. The first-order valence-corrected chi connectivity index (χ1v) is 5.33. The zero-order valence-corrected chi connectivity index (χ0v) is 10.1. The van der Waals surface area contributed by atoms with Crippen molar-refractivity contribution < 1.29 is 0 Å². The summed E-state index contributed by atoms with van der Waals surface area (Å²) in [6.45, 7) is 12.5. The van der Waals surface area contributed by atoms with Gasteiger partial charge in [-0.25, -0.2) is 0 Å². The van der Waals surface area contributed by atoms with E-state index < -0.39 is 0 Å². The summed E-state index contributed by atoms with van der Waals surface area (Å²) in [6, 6.07) is 0.171. The largest absolute Gasteiger partial charge is 0.328 e. The molecule has 3 nitrogen and oxygen atoms in total. The van der Waals surface area contributed by atoms with Crippen LogP contribution in [0.4, 0.5) is 0 Å². The lowest BCUT2D eigenvalue weighted by Gasteiger charge is -2.47. The van der Waals surface area contributed by atoms with E-state index in [4.69, 9.17) is 5.73 Å². The Morgan fingerprint density at radius 2 is 2.07 bits per heavy atom. The van der Waals surface area contributed by atoms with E-state index in [0.29, 0.717) is 6.54 Å². The Bertz CT molecular complexity index is 319. The molecule has 0 aliphatic heterocycles. The summed E-state index contributed by atoms with van der Waals surface area (Å²) in [6.07, 6.45) is 4.22. The average Bonchev–Trinajstić information content (AvgIpc) is 2.24. The predicted octanol–water partition coefficient (Wildman–Crippen LogP) is 1.83. The molecule has 3 atom stereocenters. The van der Waals surface area contributed by atoms with Crippen molar-refractivity contribution in [2.45, 2.75) is 39.3 Å². The van der Waals surface area contributed by atoms with Crippen molar-refractivity contribution in [2.24, 2.45) is 21.1 Å². The summed E-state index contributed by atoms with van der Waals surface area (Å²) >= 11 is 0. The van der Waals surface area contributed by atoms with E-state index in [9.17, 15) is 0 Å². The molecule has 2 N–H and O–H groups in total. The van der Waals surface area contributed by atoms with E-state index in [1.165, 1.54) is 0 Å². The molecule has 0 aromatic carbocycles. The van der Waals surface area contributed by atoms with Gasteiger partial charge in [0.25, 0.3) is 0 Å². The maximum Gasteiger partial charge on any atom is 0.0892 e. The smallest absolute Gasteiger partial charge is 0.0892 e. The van der Waals surface area contributed by atoms with E-state index in [1.807, 2.05) is 13.8 Å². The maximum absolute atomic E-state index is 5.56. The van der Waals surface area contributed by atoms with Gasteiger partial charge in [-0.3, -0.25) is 9.98 Å². The number of nitrogens with two attached hydrogens (primary N) is 1. The molecule has 0 saturated carbocycles. The van der Waals surface area contributed by atoms with Gasteiger partial charge in [-0.05, 0) is 34.4 Å². The van der Waals surface area contributed by atoms with Gasteiger partial charge >= 0.3 is 0 Å². The second-order valence-electron chi connectivity index (χ2n) is 4.64. The topological polar surface area (TPSA) is 50.7 Å². The fourth-order valence-corrected chi connectivity index (χ4v) is 1.80. The van der Waals surface area contributed by atoms with E-state index >= 15 is 0 Å². The second-order valence-corrected chi connectivity index (χ2v) is 4.64. The van der Waals surface area contributed by atoms with Crippen LogP contribution in [0.1, 0.15) is 27.7 Å². The van der Waals surface area contributed by atoms with Crippen molar-refractivity contribution in [1.29, 1.82) is 0 Å². The lowest BCUT2D eigenvalue weighted by Crippen LogP contribution is -2.51. The van der Waals surface area contributed by atoms with E-state index in [1.54, 1.807) is 0 Å². The normalized spacial score (nSPS) is 37.3. The Morgan fingerprint density at radius 3 is 2.40 bits per heavy atom. The zero-order chi connectivity index (χ0) is 11.7. The fourth-order valence-electron chi connectivity index (χ4n) is 1.80. The molecule has 1 rings (SSSR count). The summed E-state index contributed by atoms with van der Waals surface area (Å²) in [5.41, 5.74) is 6.33. The number of rotatable bonds is 4. The molecule has 0 aromatic heterocycles. The Kier molecular flexibility index (Phi) is 3.14. The van der Waals surface area contributed by atoms with Crippen molar-refractivity contribution in [3.63, 3.8) is 0 Å². The summed E-state index contributed by atoms with van der Waals surface area (Å²) < 4.78 is 0. The molecule has 0 saturated heterocycles. The van der Waals surface area contributed by atoms with Gasteiger partial charge in [0.1, 0.15) is 0 Å². The molecule has 1 aliphatic rings. The van der Waals surface area contributed by atoms with Crippen molar-refractivity contribution in [3.05, 3.63) is 12.2 Å². The van der Waals surface area contributed by atoms with Crippen LogP contribution in [0.3, 0.4) is 0 Å². The fraction of sp³-hybridized carbons (Fsp3) is 0.667. The van der Waals surface area contributed by atoms with Crippen LogP contribution in [-0.2, 0) is 0 Å². The van der Waals surface area contributed by atoms with Crippen LogP contribution in [-0.4, -0.2) is 30.6 Å². The lowest BCUT2D eigenvalue weighted by atomic mass is 9.61. The minimum atomic E-state index is -0.213. The SMILES string of the molecule is C=N[C@@]1(C)C=CC1(C)C(C)=N[C@@H](C)CN. The molecule has 0 fully saturated rings. The van der Waals surface area contributed by atoms with Gasteiger partial charge in [-0.2, -0.15) is 0 Å². The van der Waals surface area contributed by atoms with Gasteiger partial charge < -0.3 is 5.73 Å². The average molecular weight is 207 g/mol. The number of nitrogens with zero attached hydrogens (tertiary/aromatic N) is 2. The van der Waals surface area contributed by atoms with Crippen LogP contribution >= 0.6 is 0 Å². The Hall–Kier alpha value is -0.960. The third kappa shape index (κ3) is 1.76. The minimum absolute atomic E-state index is 0.0990. The monoisotopic (exact) mass is 207 g/mol. The number of hydrogen-bond acceptors (Lipinski definition) is 3. The van der Waals surface area contributed by atoms with Gasteiger partial charge in [0.15, 0.2) is 0 Å². The van der Waals surface area contributed by atoms with Gasteiger partial charge in [0, 0.05) is 12.3 Å². The van der Waals surface area contributed by atoms with Crippen molar-refractivity contribution in [2.75, 3.05) is 6.54 Å². The van der Waals surface area contributed by atoms with Crippen LogP contribution < -0.4 is 5.73 Å². The zero-order valence-electron chi connectivity index (χ0n) is 10.1. The molecular formula is C12H21N3. The van der Waals surface area contributed by atoms with E-state index in [0.717, 1.165) is 5.71 Å². The summed E-state index contributed by atoms with van der Waals surface area (Å²) in [5.74, 6) is 0. The molecule has 0 aromatic rings. The van der Waals surface area contributed by atoms with Gasteiger partial charge in [0.05, 0.1) is 17.0 Å². The Labute approximate surface area is 92.2 Å². The lowest BCUT2D eigenvalue weighted by molar-refractivity contribution is 0.336. The van der Waals surface area contributed by atoms with E-state index in [-0.39, 0.29) is 17.0 Å². The first-order valence-electron chi connectivity index (χ1n) is 5.33. The molecule has 0 amide bonds. The summed E-state index contributed by atoms with van der Waals surface area (Å²) in [5, 5.41) is 0. The predicted molar refractivity (Wildman–Crippen MR) is 66.8 cm³/mol. The van der Waals surface area contributed by atoms with Gasteiger partial charge in [0.2, 0.25) is 0 Å². The van der Waals surface area contributed by atoms with Crippen LogP contribution in [0, 0.1) is 5.41 Å². The minimum Gasteiger partial charge on any atom is -0.328 e. The highest BCUT2D eigenvalue weighted by Crippen LogP contribution is 2.46. The highest BCUT2D eigenvalue weighted by molar-refractivity contribution is 5.93. The van der Waals surface area contributed by atoms with Gasteiger partial charge in [-0.1, -0.05) is 12.2 Å². The van der Waals surface area contributed by atoms with Crippen molar-refractivity contribution in [3.8, 4) is 0 Å². The molecule has 0 spiro atoms. The van der Waals surface area contributed by atoms with Crippen molar-refractivity contribution >= 4 is 12.4 Å². The molecular weight excluding hydrogens is 186 g/mol. The molecule has 3 heteroatoms. The third-order valence-corrected chi connectivity index (χ3v) is 3.63. The first-order chi connectivity index (χ1) is 6.89. The quantitative estimate of drug-likeness (QED) is 0.555. The van der Waals surface area contributed by atoms with Crippen LogP contribution in [0.2, 0.25) is 0 Å². The molecule has 1 unspecified atom stereocenters. The van der Waals surface area contributed by atoms with E-state index in [2.05, 4.69) is 42.7 Å².